The van der Waals surface area contributed by atoms with E-state index in [1.165, 1.54) is 0 Å². The number of ketones is 1. The van der Waals surface area contributed by atoms with Gasteiger partial charge in [0.05, 0.1) is 4.91 Å². The predicted octanol–water partition coefficient (Wildman–Crippen LogP) is 5.23. The SMILES string of the molecule is CC(C)(C)Nc1ccccc1C=C1Sc2ccccc2C1=O. The Labute approximate surface area is 135 Å². The lowest BCUT2D eigenvalue weighted by molar-refractivity contribution is 0.104. The molecule has 0 spiro atoms. The summed E-state index contributed by atoms with van der Waals surface area (Å²) in [5.41, 5.74) is 2.87. The van der Waals surface area contributed by atoms with E-state index >= 15 is 0 Å². The van der Waals surface area contributed by atoms with Crippen LogP contribution in [0.25, 0.3) is 6.08 Å². The fraction of sp³-hybridized carbons (Fsp3) is 0.211. The minimum Gasteiger partial charge on any atom is -0.380 e. The second-order valence-electron chi connectivity index (χ2n) is 6.40. The van der Waals surface area contributed by atoms with Crippen LogP contribution < -0.4 is 5.32 Å². The van der Waals surface area contributed by atoms with Crippen LogP contribution in [0.1, 0.15) is 36.7 Å². The van der Waals surface area contributed by atoms with Crippen molar-refractivity contribution in [1.82, 2.24) is 0 Å². The molecule has 3 heteroatoms. The van der Waals surface area contributed by atoms with Gasteiger partial charge in [-0.2, -0.15) is 0 Å². The molecule has 2 nitrogen and oxygen atoms in total. The predicted molar refractivity (Wildman–Crippen MR) is 94.4 cm³/mol. The molecule has 0 atom stereocenters. The van der Waals surface area contributed by atoms with E-state index in [4.69, 9.17) is 0 Å². The number of carbonyl (C=O) groups excluding carboxylic acids is 1. The zero-order chi connectivity index (χ0) is 15.7. The van der Waals surface area contributed by atoms with Crippen molar-refractivity contribution in [1.29, 1.82) is 0 Å². The second-order valence-corrected chi connectivity index (χ2v) is 7.48. The standard InChI is InChI=1S/C19H19NOS/c1-19(2,3)20-15-10-6-4-8-13(15)12-17-18(21)14-9-5-7-11-16(14)22-17/h4-12,20H,1-3H3. The van der Waals surface area contributed by atoms with Gasteiger partial charge in [-0.05, 0) is 50.6 Å². The van der Waals surface area contributed by atoms with Crippen molar-refractivity contribution in [3.05, 3.63) is 64.6 Å². The van der Waals surface area contributed by atoms with Crippen molar-refractivity contribution in [2.24, 2.45) is 0 Å². The summed E-state index contributed by atoms with van der Waals surface area (Å²) >= 11 is 1.55. The molecule has 3 rings (SSSR count). The monoisotopic (exact) mass is 309 g/mol. The number of anilines is 1. The molecule has 0 saturated carbocycles. The Morgan fingerprint density at radius 1 is 1.00 bits per heavy atom. The second kappa shape index (κ2) is 5.65. The molecular weight excluding hydrogens is 290 g/mol. The van der Waals surface area contributed by atoms with E-state index in [0.717, 1.165) is 26.6 Å². The lowest BCUT2D eigenvalue weighted by Crippen LogP contribution is -2.26. The molecule has 1 N–H and O–H groups in total. The summed E-state index contributed by atoms with van der Waals surface area (Å²) in [6, 6.07) is 15.9. The number of carbonyl (C=O) groups is 1. The Bertz CT molecular complexity index is 756. The van der Waals surface area contributed by atoms with Gasteiger partial charge in [-0.1, -0.05) is 42.1 Å². The van der Waals surface area contributed by atoms with Crippen LogP contribution in [-0.2, 0) is 0 Å². The van der Waals surface area contributed by atoms with Crippen LogP contribution in [0.2, 0.25) is 0 Å². The van der Waals surface area contributed by atoms with Crippen molar-refractivity contribution in [2.45, 2.75) is 31.2 Å². The van der Waals surface area contributed by atoms with Gasteiger partial charge in [-0.25, -0.2) is 0 Å². The van der Waals surface area contributed by atoms with Crippen molar-refractivity contribution in [3.63, 3.8) is 0 Å². The third kappa shape index (κ3) is 3.09. The maximum atomic E-state index is 12.5. The highest BCUT2D eigenvalue weighted by molar-refractivity contribution is 8.04. The normalized spacial score (nSPS) is 16.0. The molecule has 1 aliphatic heterocycles. The molecule has 1 aliphatic rings. The zero-order valence-corrected chi connectivity index (χ0v) is 13.8. The molecular formula is C19H19NOS. The third-order valence-electron chi connectivity index (χ3n) is 3.33. The quantitative estimate of drug-likeness (QED) is 0.770. The first-order valence-corrected chi connectivity index (χ1v) is 8.16. The van der Waals surface area contributed by atoms with Gasteiger partial charge < -0.3 is 5.32 Å². The van der Waals surface area contributed by atoms with Crippen LogP contribution in [0, 0.1) is 0 Å². The van der Waals surface area contributed by atoms with Gasteiger partial charge in [0.15, 0.2) is 0 Å². The van der Waals surface area contributed by atoms with Crippen molar-refractivity contribution < 1.29 is 4.79 Å². The number of Topliss-reactive ketones (excluding diaryl/α,β-unsaturated/α-hetero) is 1. The number of hydrogen-bond acceptors (Lipinski definition) is 3. The molecule has 0 aliphatic carbocycles. The number of hydrogen-bond donors (Lipinski definition) is 1. The number of rotatable bonds is 2. The topological polar surface area (TPSA) is 29.1 Å². The Morgan fingerprint density at radius 2 is 1.68 bits per heavy atom. The smallest absolute Gasteiger partial charge is 0.200 e. The van der Waals surface area contributed by atoms with Crippen LogP contribution in [0.3, 0.4) is 0 Å². The summed E-state index contributed by atoms with van der Waals surface area (Å²) in [6.45, 7) is 6.38. The number of thioether (sulfide) groups is 1. The van der Waals surface area contributed by atoms with Crippen molar-refractivity contribution in [3.8, 4) is 0 Å². The minimum absolute atomic E-state index is 0.0234. The van der Waals surface area contributed by atoms with Crippen LogP contribution in [0.5, 0.6) is 0 Å². The van der Waals surface area contributed by atoms with E-state index in [-0.39, 0.29) is 11.3 Å². The highest BCUT2D eigenvalue weighted by atomic mass is 32.2. The third-order valence-corrected chi connectivity index (χ3v) is 4.43. The maximum absolute atomic E-state index is 12.5. The largest absolute Gasteiger partial charge is 0.380 e. The lowest BCUT2D eigenvalue weighted by Gasteiger charge is -2.23. The summed E-state index contributed by atoms with van der Waals surface area (Å²) in [6.07, 6.45) is 1.99. The van der Waals surface area contributed by atoms with E-state index in [1.54, 1.807) is 11.8 Å². The van der Waals surface area contributed by atoms with Crippen molar-refractivity contribution in [2.75, 3.05) is 5.32 Å². The maximum Gasteiger partial charge on any atom is 0.200 e. The summed E-state index contributed by atoms with van der Waals surface area (Å²) in [7, 11) is 0. The molecule has 2 aromatic carbocycles. The van der Waals surface area contributed by atoms with E-state index in [9.17, 15) is 4.79 Å². The average molecular weight is 309 g/mol. The molecule has 0 aromatic heterocycles. The molecule has 0 radical (unpaired) electrons. The summed E-state index contributed by atoms with van der Waals surface area (Å²) < 4.78 is 0. The number of benzene rings is 2. The molecule has 0 fully saturated rings. The average Bonchev–Trinajstić information content (AvgIpc) is 2.77. The highest BCUT2D eigenvalue weighted by Gasteiger charge is 2.25. The van der Waals surface area contributed by atoms with Crippen LogP contribution in [0.15, 0.2) is 58.3 Å². The van der Waals surface area contributed by atoms with E-state index in [0.29, 0.717) is 0 Å². The molecule has 22 heavy (non-hydrogen) atoms. The molecule has 0 amide bonds. The highest BCUT2D eigenvalue weighted by Crippen LogP contribution is 2.41. The molecule has 1 heterocycles. The number of fused-ring (bicyclic) bond motifs is 1. The van der Waals surface area contributed by atoms with Crippen LogP contribution in [0.4, 0.5) is 5.69 Å². The Hall–Kier alpha value is -2.00. The van der Waals surface area contributed by atoms with Gasteiger partial charge >= 0.3 is 0 Å². The summed E-state index contributed by atoms with van der Waals surface area (Å²) in [4.78, 5) is 14.3. The molecule has 0 saturated heterocycles. The van der Waals surface area contributed by atoms with E-state index in [2.05, 4.69) is 32.2 Å². The Kier molecular flexibility index (Phi) is 3.83. The summed E-state index contributed by atoms with van der Waals surface area (Å²) in [5.74, 6) is 0.117. The Balaban J connectivity index is 1.96. The fourth-order valence-corrected chi connectivity index (χ4v) is 3.46. The van der Waals surface area contributed by atoms with Crippen LogP contribution >= 0.6 is 11.8 Å². The van der Waals surface area contributed by atoms with Gasteiger partial charge in [0.25, 0.3) is 0 Å². The molecule has 0 unspecified atom stereocenters. The lowest BCUT2D eigenvalue weighted by atomic mass is 10.0. The van der Waals surface area contributed by atoms with E-state index in [1.807, 2.05) is 48.5 Å². The number of allylic oxidation sites excluding steroid dienone is 1. The molecule has 112 valence electrons. The van der Waals surface area contributed by atoms with E-state index < -0.39 is 0 Å². The molecule has 0 bridgehead atoms. The first-order chi connectivity index (χ1) is 10.4. The fourth-order valence-electron chi connectivity index (χ4n) is 2.42. The number of para-hydroxylation sites is 1. The first-order valence-electron chi connectivity index (χ1n) is 7.34. The number of nitrogens with one attached hydrogen (secondary N) is 1. The van der Waals surface area contributed by atoms with Crippen molar-refractivity contribution >= 4 is 29.3 Å². The van der Waals surface area contributed by atoms with Gasteiger partial charge in [0.2, 0.25) is 5.78 Å². The Morgan fingerprint density at radius 3 is 2.41 bits per heavy atom. The molecule has 2 aromatic rings. The minimum atomic E-state index is -0.0234. The van der Waals surface area contributed by atoms with Gasteiger partial charge in [0.1, 0.15) is 0 Å². The van der Waals surface area contributed by atoms with Gasteiger partial charge in [-0.3, -0.25) is 4.79 Å². The first kappa shape index (κ1) is 14.9. The van der Waals surface area contributed by atoms with Crippen LogP contribution in [-0.4, -0.2) is 11.3 Å². The van der Waals surface area contributed by atoms with Gasteiger partial charge in [-0.15, -0.1) is 0 Å². The zero-order valence-electron chi connectivity index (χ0n) is 13.0. The summed E-state index contributed by atoms with van der Waals surface area (Å²) in [5, 5.41) is 3.49. The van der Waals surface area contributed by atoms with Gasteiger partial charge in [0, 0.05) is 21.7 Å².